The molecule has 1 aliphatic heterocycles. The zero-order valence-electron chi connectivity index (χ0n) is 9.13. The first-order valence-electron chi connectivity index (χ1n) is 5.45. The number of allylic oxidation sites excluding steroid dienone is 1. The Balaban J connectivity index is 2.26. The summed E-state index contributed by atoms with van der Waals surface area (Å²) in [7, 11) is 0. The molecule has 1 aromatic heterocycles. The van der Waals surface area contributed by atoms with Crippen LogP contribution in [0.5, 0.6) is 0 Å². The number of carboxylic acid groups (broad SMARTS) is 1. The average Bonchev–Trinajstić information content (AvgIpc) is 2.53. The van der Waals surface area contributed by atoms with Crippen LogP contribution < -0.4 is 0 Å². The summed E-state index contributed by atoms with van der Waals surface area (Å²) in [5.74, 6) is -0.889. The fourth-order valence-electron chi connectivity index (χ4n) is 2.18. The molecule has 3 rings (SSSR count). The molecule has 1 N–H and O–H groups in total. The Morgan fingerprint density at radius 3 is 2.94 bits per heavy atom. The average molecular weight is 225 g/mol. The van der Waals surface area contributed by atoms with Crippen molar-refractivity contribution in [2.75, 3.05) is 0 Å². The van der Waals surface area contributed by atoms with Crippen molar-refractivity contribution in [2.45, 2.75) is 6.54 Å². The van der Waals surface area contributed by atoms with Gasteiger partial charge in [0, 0.05) is 23.1 Å². The van der Waals surface area contributed by atoms with Gasteiger partial charge in [0.2, 0.25) is 0 Å². The second-order valence-electron chi connectivity index (χ2n) is 4.05. The summed E-state index contributed by atoms with van der Waals surface area (Å²) in [6.07, 6.45) is 5.25. The molecule has 0 saturated carbocycles. The topological polar surface area (TPSA) is 42.2 Å². The van der Waals surface area contributed by atoms with E-state index in [2.05, 4.69) is 4.57 Å². The number of aliphatic carboxylic acids is 1. The molecular weight excluding hydrogens is 214 g/mol. The maximum atomic E-state index is 11.0. The van der Waals surface area contributed by atoms with Crippen LogP contribution in [-0.4, -0.2) is 15.6 Å². The monoisotopic (exact) mass is 225 g/mol. The Morgan fingerprint density at radius 2 is 2.12 bits per heavy atom. The zero-order chi connectivity index (χ0) is 11.8. The van der Waals surface area contributed by atoms with Gasteiger partial charge in [-0.1, -0.05) is 24.3 Å². The van der Waals surface area contributed by atoms with E-state index in [1.165, 1.54) is 0 Å². The molecule has 3 nitrogen and oxygen atoms in total. The van der Waals surface area contributed by atoms with Crippen LogP contribution in [0, 0.1) is 0 Å². The molecule has 1 aliphatic rings. The van der Waals surface area contributed by atoms with Gasteiger partial charge in [0.15, 0.2) is 0 Å². The standard InChI is InChI=1S/C14H11NO2/c16-14(17)11-5-3-7-15-12(9-11)8-10-4-1-2-6-13(10)15/h1-6,8-9H,7H2,(H,16,17). The van der Waals surface area contributed by atoms with Gasteiger partial charge in [-0.15, -0.1) is 0 Å². The highest BCUT2D eigenvalue weighted by Gasteiger charge is 2.11. The van der Waals surface area contributed by atoms with Gasteiger partial charge in [0.25, 0.3) is 0 Å². The minimum absolute atomic E-state index is 0.326. The summed E-state index contributed by atoms with van der Waals surface area (Å²) >= 11 is 0. The van der Waals surface area contributed by atoms with E-state index in [4.69, 9.17) is 5.11 Å². The van der Waals surface area contributed by atoms with Crippen LogP contribution in [0.15, 0.2) is 48.1 Å². The number of carboxylic acids is 1. The number of carbonyl (C=O) groups is 1. The molecule has 0 fully saturated rings. The zero-order valence-corrected chi connectivity index (χ0v) is 9.13. The van der Waals surface area contributed by atoms with Crippen LogP contribution in [0.2, 0.25) is 0 Å². The summed E-state index contributed by atoms with van der Waals surface area (Å²) in [6, 6.07) is 10.1. The van der Waals surface area contributed by atoms with E-state index >= 15 is 0 Å². The van der Waals surface area contributed by atoms with Crippen molar-refractivity contribution in [1.29, 1.82) is 0 Å². The van der Waals surface area contributed by atoms with Crippen molar-refractivity contribution in [1.82, 2.24) is 4.57 Å². The SMILES string of the molecule is O=C(O)C1=Cc2cc3ccccc3n2CC=C1. The lowest BCUT2D eigenvalue weighted by molar-refractivity contribution is -0.132. The molecule has 0 spiro atoms. The quantitative estimate of drug-likeness (QED) is 0.810. The van der Waals surface area contributed by atoms with Gasteiger partial charge < -0.3 is 9.67 Å². The van der Waals surface area contributed by atoms with E-state index in [0.717, 1.165) is 16.6 Å². The normalized spacial score (nSPS) is 14.2. The first kappa shape index (κ1) is 9.90. The van der Waals surface area contributed by atoms with Crippen molar-refractivity contribution in [3.8, 4) is 0 Å². The predicted octanol–water partition coefficient (Wildman–Crippen LogP) is 2.68. The molecule has 2 heterocycles. The lowest BCUT2D eigenvalue weighted by Crippen LogP contribution is -1.97. The maximum absolute atomic E-state index is 11.0. The highest BCUT2D eigenvalue weighted by atomic mass is 16.4. The molecule has 0 atom stereocenters. The lowest BCUT2D eigenvalue weighted by Gasteiger charge is -2.02. The first-order valence-corrected chi connectivity index (χ1v) is 5.45. The summed E-state index contributed by atoms with van der Waals surface area (Å²) in [4.78, 5) is 11.0. The number of benzene rings is 1. The smallest absolute Gasteiger partial charge is 0.335 e. The minimum Gasteiger partial charge on any atom is -0.478 e. The van der Waals surface area contributed by atoms with Crippen LogP contribution in [0.4, 0.5) is 0 Å². The van der Waals surface area contributed by atoms with E-state index in [9.17, 15) is 4.79 Å². The number of hydrogen-bond acceptors (Lipinski definition) is 1. The van der Waals surface area contributed by atoms with Crippen molar-refractivity contribution >= 4 is 22.9 Å². The molecular formula is C14H11NO2. The number of aromatic nitrogens is 1. The van der Waals surface area contributed by atoms with Crippen LogP contribution in [-0.2, 0) is 11.3 Å². The summed E-state index contributed by atoms with van der Waals surface area (Å²) in [5, 5.41) is 10.2. The molecule has 2 aromatic rings. The summed E-state index contributed by atoms with van der Waals surface area (Å²) in [5.41, 5.74) is 2.40. The van der Waals surface area contributed by atoms with E-state index in [0.29, 0.717) is 12.1 Å². The maximum Gasteiger partial charge on any atom is 0.335 e. The van der Waals surface area contributed by atoms with Gasteiger partial charge in [-0.3, -0.25) is 0 Å². The Hall–Kier alpha value is -2.29. The Kier molecular flexibility index (Phi) is 2.11. The van der Waals surface area contributed by atoms with Crippen molar-refractivity contribution in [2.24, 2.45) is 0 Å². The molecule has 0 unspecified atom stereocenters. The van der Waals surface area contributed by atoms with Gasteiger partial charge in [-0.2, -0.15) is 0 Å². The largest absolute Gasteiger partial charge is 0.478 e. The second-order valence-corrected chi connectivity index (χ2v) is 4.05. The van der Waals surface area contributed by atoms with Gasteiger partial charge in [0.05, 0.1) is 5.57 Å². The molecule has 84 valence electrons. The third-order valence-electron chi connectivity index (χ3n) is 2.98. The Morgan fingerprint density at radius 1 is 1.29 bits per heavy atom. The molecule has 3 heteroatoms. The van der Waals surface area contributed by atoms with Crippen LogP contribution in [0.3, 0.4) is 0 Å². The third-order valence-corrected chi connectivity index (χ3v) is 2.98. The molecule has 17 heavy (non-hydrogen) atoms. The highest BCUT2D eigenvalue weighted by Crippen LogP contribution is 2.23. The number of nitrogens with zero attached hydrogens (tertiary/aromatic N) is 1. The van der Waals surface area contributed by atoms with E-state index in [1.54, 1.807) is 12.2 Å². The number of fused-ring (bicyclic) bond motifs is 3. The van der Waals surface area contributed by atoms with E-state index < -0.39 is 5.97 Å². The Labute approximate surface area is 98.3 Å². The third kappa shape index (κ3) is 1.56. The van der Waals surface area contributed by atoms with Crippen molar-refractivity contribution < 1.29 is 9.90 Å². The van der Waals surface area contributed by atoms with Crippen LogP contribution in [0.1, 0.15) is 5.69 Å². The summed E-state index contributed by atoms with van der Waals surface area (Å²) < 4.78 is 2.11. The lowest BCUT2D eigenvalue weighted by atomic mass is 10.2. The number of rotatable bonds is 1. The molecule has 0 bridgehead atoms. The molecule has 1 aromatic carbocycles. The second kappa shape index (κ2) is 3.63. The first-order chi connectivity index (χ1) is 8.25. The fraction of sp³-hybridized carbons (Fsp3) is 0.0714. The highest BCUT2D eigenvalue weighted by molar-refractivity contribution is 5.96. The van der Waals surface area contributed by atoms with E-state index in [-0.39, 0.29) is 0 Å². The molecule has 0 aliphatic carbocycles. The number of hydrogen-bond donors (Lipinski definition) is 1. The van der Waals surface area contributed by atoms with Crippen LogP contribution in [0.25, 0.3) is 17.0 Å². The van der Waals surface area contributed by atoms with Crippen molar-refractivity contribution in [3.63, 3.8) is 0 Å². The van der Waals surface area contributed by atoms with Gasteiger partial charge in [-0.25, -0.2) is 4.79 Å². The van der Waals surface area contributed by atoms with Crippen molar-refractivity contribution in [3.05, 3.63) is 53.8 Å². The molecule has 0 amide bonds. The van der Waals surface area contributed by atoms with Gasteiger partial charge in [-0.05, 0) is 24.3 Å². The van der Waals surface area contributed by atoms with E-state index in [1.807, 2.05) is 36.4 Å². The fourth-order valence-corrected chi connectivity index (χ4v) is 2.18. The Bertz CT molecular complexity index is 662. The minimum atomic E-state index is -0.889. The van der Waals surface area contributed by atoms with Gasteiger partial charge >= 0.3 is 5.97 Å². The summed E-state index contributed by atoms with van der Waals surface area (Å²) in [6.45, 7) is 0.704. The van der Waals surface area contributed by atoms with Gasteiger partial charge in [0.1, 0.15) is 0 Å². The molecule has 0 saturated heterocycles. The molecule has 0 radical (unpaired) electrons. The van der Waals surface area contributed by atoms with Crippen LogP contribution >= 0.6 is 0 Å². The predicted molar refractivity (Wildman–Crippen MR) is 66.7 cm³/mol. The number of para-hydroxylation sites is 1.